The van der Waals surface area contributed by atoms with Crippen LogP contribution >= 0.6 is 0 Å². The fourth-order valence-electron chi connectivity index (χ4n) is 4.51. The molecule has 2 aromatic heterocycles. The second kappa shape index (κ2) is 9.98. The lowest BCUT2D eigenvalue weighted by Gasteiger charge is -2.42. The van der Waals surface area contributed by atoms with Crippen molar-refractivity contribution in [2.24, 2.45) is 5.92 Å². The number of aromatic nitrogens is 3. The van der Waals surface area contributed by atoms with Gasteiger partial charge in [-0.3, -0.25) is 14.7 Å². The SMILES string of the molecule is CCc1cnc(N2CCC(N3CCCC(C(=O)NCc4cccnc4)C3)CC2)nc1. The maximum absolute atomic E-state index is 12.7. The molecular weight excluding hydrogens is 376 g/mol. The van der Waals surface area contributed by atoms with Gasteiger partial charge >= 0.3 is 0 Å². The number of hydrogen-bond donors (Lipinski definition) is 1. The zero-order valence-corrected chi connectivity index (χ0v) is 17.8. The second-order valence-corrected chi connectivity index (χ2v) is 8.38. The smallest absolute Gasteiger partial charge is 0.225 e. The topological polar surface area (TPSA) is 74.2 Å². The highest BCUT2D eigenvalue weighted by atomic mass is 16.1. The minimum Gasteiger partial charge on any atom is -0.352 e. The highest BCUT2D eigenvalue weighted by Crippen LogP contribution is 2.25. The number of likely N-dealkylation sites (tertiary alicyclic amines) is 1. The van der Waals surface area contributed by atoms with Gasteiger partial charge in [-0.25, -0.2) is 9.97 Å². The molecule has 2 aliphatic heterocycles. The molecule has 0 radical (unpaired) electrons. The first-order valence-electron chi connectivity index (χ1n) is 11.2. The van der Waals surface area contributed by atoms with Crippen LogP contribution in [0.4, 0.5) is 5.95 Å². The van der Waals surface area contributed by atoms with Gasteiger partial charge in [0.15, 0.2) is 0 Å². The minimum absolute atomic E-state index is 0.0818. The molecule has 0 bridgehead atoms. The van der Waals surface area contributed by atoms with Gasteiger partial charge in [0, 0.05) is 57.0 Å². The maximum Gasteiger partial charge on any atom is 0.225 e. The fourth-order valence-corrected chi connectivity index (χ4v) is 4.51. The van der Waals surface area contributed by atoms with Crippen LogP contribution in [0.2, 0.25) is 0 Å². The summed E-state index contributed by atoms with van der Waals surface area (Å²) < 4.78 is 0. The van der Waals surface area contributed by atoms with Crippen LogP contribution in [-0.4, -0.2) is 58.0 Å². The number of hydrogen-bond acceptors (Lipinski definition) is 6. The van der Waals surface area contributed by atoms with E-state index in [-0.39, 0.29) is 11.8 Å². The third-order valence-corrected chi connectivity index (χ3v) is 6.38. The second-order valence-electron chi connectivity index (χ2n) is 8.38. The van der Waals surface area contributed by atoms with E-state index in [0.29, 0.717) is 12.6 Å². The number of nitrogens with one attached hydrogen (secondary N) is 1. The van der Waals surface area contributed by atoms with Gasteiger partial charge in [0.05, 0.1) is 5.92 Å². The van der Waals surface area contributed by atoms with E-state index >= 15 is 0 Å². The molecule has 7 nitrogen and oxygen atoms in total. The van der Waals surface area contributed by atoms with E-state index in [0.717, 1.165) is 69.8 Å². The summed E-state index contributed by atoms with van der Waals surface area (Å²) in [5.41, 5.74) is 2.22. The van der Waals surface area contributed by atoms with Crippen LogP contribution in [0.25, 0.3) is 0 Å². The molecular formula is C23H32N6O. The van der Waals surface area contributed by atoms with Crippen molar-refractivity contribution in [3.05, 3.63) is 48.0 Å². The van der Waals surface area contributed by atoms with Gasteiger partial charge in [-0.1, -0.05) is 13.0 Å². The Balaban J connectivity index is 1.26. The Morgan fingerprint density at radius 2 is 1.90 bits per heavy atom. The van der Waals surface area contributed by atoms with E-state index in [1.807, 2.05) is 24.5 Å². The molecule has 4 heterocycles. The Hall–Kier alpha value is -2.54. The number of carbonyl (C=O) groups is 1. The number of carbonyl (C=O) groups excluding carboxylic acids is 1. The van der Waals surface area contributed by atoms with E-state index < -0.39 is 0 Å². The molecule has 0 aliphatic carbocycles. The van der Waals surface area contributed by atoms with Crippen LogP contribution in [0.3, 0.4) is 0 Å². The number of aryl methyl sites for hydroxylation is 1. The van der Waals surface area contributed by atoms with E-state index in [4.69, 9.17) is 0 Å². The van der Waals surface area contributed by atoms with Gasteiger partial charge in [-0.15, -0.1) is 0 Å². The lowest BCUT2D eigenvalue weighted by atomic mass is 9.93. The Morgan fingerprint density at radius 3 is 2.60 bits per heavy atom. The molecule has 0 spiro atoms. The number of nitrogens with zero attached hydrogens (tertiary/aromatic N) is 5. The zero-order chi connectivity index (χ0) is 20.8. The number of pyridine rings is 1. The first-order valence-corrected chi connectivity index (χ1v) is 11.2. The molecule has 1 N–H and O–H groups in total. The summed E-state index contributed by atoms with van der Waals surface area (Å²) in [6.45, 7) is 6.59. The average molecular weight is 409 g/mol. The van der Waals surface area contributed by atoms with Crippen molar-refractivity contribution in [2.75, 3.05) is 31.1 Å². The normalized spacial score (nSPS) is 20.8. The predicted octanol–water partition coefficient (Wildman–Crippen LogP) is 2.43. The third kappa shape index (κ3) is 5.14. The van der Waals surface area contributed by atoms with E-state index in [2.05, 4.69) is 37.0 Å². The predicted molar refractivity (Wildman–Crippen MR) is 117 cm³/mol. The summed E-state index contributed by atoms with van der Waals surface area (Å²) in [6.07, 6.45) is 12.7. The summed E-state index contributed by atoms with van der Waals surface area (Å²) in [4.78, 5) is 30.7. The van der Waals surface area contributed by atoms with Gasteiger partial charge < -0.3 is 10.2 Å². The van der Waals surface area contributed by atoms with E-state index in [9.17, 15) is 4.79 Å². The summed E-state index contributed by atoms with van der Waals surface area (Å²) in [7, 11) is 0. The van der Waals surface area contributed by atoms with Crippen molar-refractivity contribution in [3.8, 4) is 0 Å². The lowest BCUT2D eigenvalue weighted by Crippen LogP contribution is -2.51. The zero-order valence-electron chi connectivity index (χ0n) is 17.8. The lowest BCUT2D eigenvalue weighted by molar-refractivity contribution is -0.127. The first-order chi connectivity index (χ1) is 14.7. The number of rotatable bonds is 6. The highest BCUT2D eigenvalue weighted by molar-refractivity contribution is 5.78. The number of amides is 1. The van der Waals surface area contributed by atoms with Gasteiger partial charge in [0.2, 0.25) is 11.9 Å². The van der Waals surface area contributed by atoms with Crippen LogP contribution in [0.1, 0.15) is 43.7 Å². The molecule has 7 heteroatoms. The molecule has 4 rings (SSSR count). The number of piperidine rings is 2. The average Bonchev–Trinajstić information content (AvgIpc) is 2.83. The highest BCUT2D eigenvalue weighted by Gasteiger charge is 2.32. The van der Waals surface area contributed by atoms with Crippen LogP contribution in [0.15, 0.2) is 36.9 Å². The molecule has 30 heavy (non-hydrogen) atoms. The molecule has 1 atom stereocenters. The van der Waals surface area contributed by atoms with Crippen molar-refractivity contribution < 1.29 is 4.79 Å². The van der Waals surface area contributed by atoms with Crippen molar-refractivity contribution >= 4 is 11.9 Å². The van der Waals surface area contributed by atoms with Crippen LogP contribution in [0.5, 0.6) is 0 Å². The van der Waals surface area contributed by atoms with Gasteiger partial charge in [0.1, 0.15) is 0 Å². The van der Waals surface area contributed by atoms with Crippen molar-refractivity contribution in [1.82, 2.24) is 25.2 Å². The Bertz CT molecular complexity index is 804. The molecule has 0 saturated carbocycles. The molecule has 2 fully saturated rings. The van der Waals surface area contributed by atoms with E-state index in [1.54, 1.807) is 12.4 Å². The number of anilines is 1. The largest absolute Gasteiger partial charge is 0.352 e. The molecule has 2 aromatic rings. The van der Waals surface area contributed by atoms with Gasteiger partial charge in [-0.05, 0) is 55.8 Å². The van der Waals surface area contributed by atoms with Gasteiger partial charge in [0.25, 0.3) is 0 Å². The quantitative estimate of drug-likeness (QED) is 0.791. The first kappa shape index (κ1) is 20.7. The molecule has 2 saturated heterocycles. The summed E-state index contributed by atoms with van der Waals surface area (Å²) in [6, 6.07) is 4.44. The van der Waals surface area contributed by atoms with Crippen molar-refractivity contribution in [2.45, 2.75) is 51.6 Å². The Labute approximate surface area is 178 Å². The third-order valence-electron chi connectivity index (χ3n) is 6.38. The van der Waals surface area contributed by atoms with Crippen LogP contribution < -0.4 is 10.2 Å². The Kier molecular flexibility index (Phi) is 6.89. The fraction of sp³-hybridized carbons (Fsp3) is 0.565. The summed E-state index contributed by atoms with van der Waals surface area (Å²) in [5, 5.41) is 3.10. The monoisotopic (exact) mass is 408 g/mol. The van der Waals surface area contributed by atoms with Crippen molar-refractivity contribution in [1.29, 1.82) is 0 Å². The Morgan fingerprint density at radius 1 is 1.10 bits per heavy atom. The molecule has 160 valence electrons. The van der Waals surface area contributed by atoms with Crippen molar-refractivity contribution in [3.63, 3.8) is 0 Å². The minimum atomic E-state index is 0.0818. The molecule has 1 unspecified atom stereocenters. The van der Waals surface area contributed by atoms with Gasteiger partial charge in [-0.2, -0.15) is 0 Å². The molecule has 1 amide bonds. The van der Waals surface area contributed by atoms with E-state index in [1.165, 1.54) is 5.56 Å². The summed E-state index contributed by atoms with van der Waals surface area (Å²) >= 11 is 0. The standard InChI is InChI=1S/C23H32N6O/c1-2-18-14-26-23(27-15-18)28-11-7-21(8-12-28)29-10-4-6-20(17-29)22(30)25-16-19-5-3-9-24-13-19/h3,5,9,13-15,20-21H,2,4,6-8,10-12,16-17H2,1H3,(H,25,30). The summed E-state index contributed by atoms with van der Waals surface area (Å²) in [5.74, 6) is 1.10. The molecule has 0 aromatic carbocycles. The molecule has 2 aliphatic rings. The maximum atomic E-state index is 12.7. The van der Waals surface area contributed by atoms with Crippen LogP contribution in [0, 0.1) is 5.92 Å². The van der Waals surface area contributed by atoms with Crippen LogP contribution in [-0.2, 0) is 17.8 Å².